The Morgan fingerprint density at radius 2 is 2.10 bits per heavy atom. The second-order valence-corrected chi connectivity index (χ2v) is 8.53. The van der Waals surface area contributed by atoms with Crippen molar-refractivity contribution in [2.75, 3.05) is 32.9 Å². The van der Waals surface area contributed by atoms with Crippen molar-refractivity contribution in [2.24, 2.45) is 10.9 Å². The smallest absolute Gasteiger partial charge is 0.191 e. The van der Waals surface area contributed by atoms with Crippen LogP contribution in [0.3, 0.4) is 0 Å². The van der Waals surface area contributed by atoms with Crippen LogP contribution in [0.4, 0.5) is 0 Å². The Morgan fingerprint density at radius 1 is 1.24 bits per heavy atom. The third-order valence-electron chi connectivity index (χ3n) is 6.30. The summed E-state index contributed by atoms with van der Waals surface area (Å²) in [7, 11) is 0. The molecule has 1 aliphatic carbocycles. The van der Waals surface area contributed by atoms with Crippen LogP contribution >= 0.6 is 0 Å². The van der Waals surface area contributed by atoms with E-state index in [-0.39, 0.29) is 6.10 Å². The standard InChI is InChI=1S/C22H35N3O4/c1-17-5-2-3-7-20(17)25-21(23-11-8-18-6-4-12-27-18)24-15-19-16-28-22(29-19)9-13-26-14-10-22/h4,6,12,17,19-20H,2-3,5,7-11,13-16H2,1H3,(H2,23,24,25). The summed E-state index contributed by atoms with van der Waals surface area (Å²) in [5.41, 5.74) is 0. The van der Waals surface area contributed by atoms with Crippen LogP contribution in [0.1, 0.15) is 51.2 Å². The van der Waals surface area contributed by atoms with E-state index in [9.17, 15) is 0 Å². The Balaban J connectivity index is 1.33. The molecular weight excluding hydrogens is 370 g/mol. The fourth-order valence-corrected chi connectivity index (χ4v) is 4.46. The Morgan fingerprint density at radius 3 is 2.90 bits per heavy atom. The fraction of sp³-hybridized carbons (Fsp3) is 0.773. The molecule has 3 fully saturated rings. The summed E-state index contributed by atoms with van der Waals surface area (Å²) in [5.74, 6) is 2.07. The zero-order chi connectivity index (χ0) is 19.9. The second kappa shape index (κ2) is 9.96. The molecule has 1 spiro atoms. The van der Waals surface area contributed by atoms with Crippen molar-refractivity contribution < 1.29 is 18.6 Å². The summed E-state index contributed by atoms with van der Waals surface area (Å²) < 4.78 is 23.1. The van der Waals surface area contributed by atoms with Gasteiger partial charge in [0.25, 0.3) is 0 Å². The van der Waals surface area contributed by atoms with Crippen LogP contribution in [0.2, 0.25) is 0 Å². The minimum Gasteiger partial charge on any atom is -0.469 e. The maximum atomic E-state index is 6.23. The molecular formula is C22H35N3O4. The van der Waals surface area contributed by atoms with Crippen molar-refractivity contribution in [3.05, 3.63) is 24.2 Å². The number of nitrogens with one attached hydrogen (secondary N) is 2. The highest BCUT2D eigenvalue weighted by Crippen LogP contribution is 2.33. The quantitative estimate of drug-likeness (QED) is 0.560. The molecule has 29 heavy (non-hydrogen) atoms. The van der Waals surface area contributed by atoms with Crippen LogP contribution in [0.5, 0.6) is 0 Å². The second-order valence-electron chi connectivity index (χ2n) is 8.53. The van der Waals surface area contributed by atoms with Gasteiger partial charge in [-0.15, -0.1) is 0 Å². The largest absolute Gasteiger partial charge is 0.469 e. The van der Waals surface area contributed by atoms with Crippen molar-refractivity contribution >= 4 is 5.96 Å². The molecule has 2 aliphatic heterocycles. The number of nitrogens with zero attached hydrogens (tertiary/aromatic N) is 1. The van der Waals surface area contributed by atoms with Crippen molar-refractivity contribution in [3.63, 3.8) is 0 Å². The molecule has 2 saturated heterocycles. The average molecular weight is 406 g/mol. The lowest BCUT2D eigenvalue weighted by Crippen LogP contribution is -2.48. The lowest BCUT2D eigenvalue weighted by molar-refractivity contribution is -0.210. The van der Waals surface area contributed by atoms with E-state index in [0.717, 1.165) is 37.5 Å². The summed E-state index contributed by atoms with van der Waals surface area (Å²) in [4.78, 5) is 4.86. The minimum absolute atomic E-state index is 0.000512. The monoisotopic (exact) mass is 405 g/mol. The average Bonchev–Trinajstić information content (AvgIpc) is 3.39. The molecule has 3 atom stereocenters. The Labute approximate surface area is 173 Å². The number of aliphatic imine (C=N–C) groups is 1. The van der Waals surface area contributed by atoms with Crippen molar-refractivity contribution in [3.8, 4) is 0 Å². The van der Waals surface area contributed by atoms with Gasteiger partial charge in [0.1, 0.15) is 11.9 Å². The van der Waals surface area contributed by atoms with Crippen LogP contribution in [-0.2, 0) is 20.6 Å². The first-order valence-electron chi connectivity index (χ1n) is 11.2. The van der Waals surface area contributed by atoms with Gasteiger partial charge in [0.15, 0.2) is 11.7 Å². The van der Waals surface area contributed by atoms with Gasteiger partial charge in [-0.2, -0.15) is 0 Å². The summed E-state index contributed by atoms with van der Waals surface area (Å²) in [6, 6.07) is 4.41. The van der Waals surface area contributed by atoms with E-state index in [1.54, 1.807) is 6.26 Å². The SMILES string of the molecule is CC1CCCCC1NC(=NCC1COC2(CCOCC2)O1)NCCc1ccco1. The first kappa shape index (κ1) is 20.7. The van der Waals surface area contributed by atoms with Crippen LogP contribution in [0.25, 0.3) is 0 Å². The van der Waals surface area contributed by atoms with E-state index in [1.807, 2.05) is 12.1 Å². The van der Waals surface area contributed by atoms with Crippen LogP contribution in [0, 0.1) is 5.92 Å². The Hall–Kier alpha value is -1.57. The van der Waals surface area contributed by atoms with E-state index in [0.29, 0.717) is 38.3 Å². The minimum atomic E-state index is -0.448. The van der Waals surface area contributed by atoms with Crippen molar-refractivity contribution in [1.82, 2.24) is 10.6 Å². The number of furan rings is 1. The molecule has 0 amide bonds. The molecule has 1 aromatic heterocycles. The summed E-state index contributed by atoms with van der Waals surface area (Å²) >= 11 is 0. The van der Waals surface area contributed by atoms with E-state index in [1.165, 1.54) is 25.7 Å². The van der Waals surface area contributed by atoms with Gasteiger partial charge in [-0.3, -0.25) is 4.99 Å². The third kappa shape index (κ3) is 5.74. The summed E-state index contributed by atoms with van der Waals surface area (Å²) in [6.07, 6.45) is 9.26. The topological polar surface area (TPSA) is 77.3 Å². The number of ether oxygens (including phenoxy) is 3. The van der Waals surface area contributed by atoms with Crippen LogP contribution in [-0.4, -0.2) is 56.8 Å². The molecule has 3 unspecified atom stereocenters. The maximum Gasteiger partial charge on any atom is 0.191 e. The van der Waals surface area contributed by atoms with Gasteiger partial charge in [-0.05, 0) is 30.9 Å². The highest BCUT2D eigenvalue weighted by molar-refractivity contribution is 5.80. The zero-order valence-corrected chi connectivity index (χ0v) is 17.5. The van der Waals surface area contributed by atoms with Gasteiger partial charge in [-0.25, -0.2) is 0 Å². The molecule has 162 valence electrons. The predicted molar refractivity (Wildman–Crippen MR) is 111 cm³/mol. The van der Waals surface area contributed by atoms with Gasteiger partial charge >= 0.3 is 0 Å². The molecule has 3 heterocycles. The van der Waals surface area contributed by atoms with Gasteiger partial charge in [0.2, 0.25) is 0 Å². The highest BCUT2D eigenvalue weighted by Gasteiger charge is 2.42. The first-order chi connectivity index (χ1) is 14.2. The number of hydrogen-bond donors (Lipinski definition) is 2. The normalized spacial score (nSPS) is 29.8. The van der Waals surface area contributed by atoms with Gasteiger partial charge in [0.05, 0.1) is 32.6 Å². The van der Waals surface area contributed by atoms with Crippen molar-refractivity contribution in [1.29, 1.82) is 0 Å². The lowest BCUT2D eigenvalue weighted by atomic mass is 9.86. The van der Waals surface area contributed by atoms with E-state index >= 15 is 0 Å². The molecule has 1 aromatic rings. The Kier molecular flexibility index (Phi) is 7.11. The van der Waals surface area contributed by atoms with E-state index in [2.05, 4.69) is 17.6 Å². The molecule has 2 N–H and O–H groups in total. The van der Waals surface area contributed by atoms with Crippen molar-refractivity contribution in [2.45, 2.75) is 69.8 Å². The molecule has 7 nitrogen and oxygen atoms in total. The van der Waals surface area contributed by atoms with E-state index in [4.69, 9.17) is 23.6 Å². The van der Waals surface area contributed by atoms with Crippen LogP contribution < -0.4 is 10.6 Å². The Bertz CT molecular complexity index is 642. The summed E-state index contributed by atoms with van der Waals surface area (Å²) in [6.45, 7) is 5.72. The summed E-state index contributed by atoms with van der Waals surface area (Å²) in [5, 5.41) is 7.16. The van der Waals surface area contributed by atoms with E-state index < -0.39 is 5.79 Å². The molecule has 0 radical (unpaired) electrons. The van der Waals surface area contributed by atoms with Gasteiger partial charge in [-0.1, -0.05) is 19.8 Å². The van der Waals surface area contributed by atoms with Crippen LogP contribution in [0.15, 0.2) is 27.8 Å². The maximum absolute atomic E-state index is 6.23. The highest BCUT2D eigenvalue weighted by atomic mass is 16.7. The number of rotatable bonds is 6. The molecule has 7 heteroatoms. The predicted octanol–water partition coefficient (Wildman–Crippen LogP) is 2.86. The fourth-order valence-electron chi connectivity index (χ4n) is 4.46. The van der Waals surface area contributed by atoms with Gasteiger partial charge < -0.3 is 29.3 Å². The molecule has 4 rings (SSSR count). The molecule has 1 saturated carbocycles. The zero-order valence-electron chi connectivity index (χ0n) is 17.5. The lowest BCUT2D eigenvalue weighted by Gasteiger charge is -2.32. The molecule has 0 aromatic carbocycles. The number of guanidine groups is 1. The molecule has 0 bridgehead atoms. The first-order valence-corrected chi connectivity index (χ1v) is 11.2. The van der Waals surface area contributed by atoms with Gasteiger partial charge in [0, 0.05) is 31.8 Å². The molecule has 3 aliphatic rings. The third-order valence-corrected chi connectivity index (χ3v) is 6.30. The number of hydrogen-bond acceptors (Lipinski definition) is 5.